The highest BCUT2D eigenvalue weighted by molar-refractivity contribution is 5.77. The lowest BCUT2D eigenvalue weighted by atomic mass is 9.92. The summed E-state index contributed by atoms with van der Waals surface area (Å²) in [5.74, 6) is -0.296. The summed E-state index contributed by atoms with van der Waals surface area (Å²) < 4.78 is 17.0. The molecule has 1 aliphatic heterocycles. The van der Waals surface area contributed by atoms with Crippen LogP contribution in [-0.2, 0) is 19.0 Å². The number of ether oxygens (including phenoxy) is 3. The zero-order valence-corrected chi connectivity index (χ0v) is 11.3. The number of amides is 1. The molecule has 1 saturated carbocycles. The van der Waals surface area contributed by atoms with Crippen molar-refractivity contribution in [2.75, 3.05) is 33.4 Å². The Balaban J connectivity index is 1.69. The van der Waals surface area contributed by atoms with Crippen molar-refractivity contribution in [2.45, 2.75) is 44.5 Å². The Kier molecular flexibility index (Phi) is 4.59. The van der Waals surface area contributed by atoms with E-state index in [1.165, 1.54) is 0 Å². The highest BCUT2D eigenvalue weighted by Gasteiger charge is 2.40. The predicted octanol–water partition coefficient (Wildman–Crippen LogP) is 1.17. The first-order valence-electron chi connectivity index (χ1n) is 6.79. The molecule has 0 aromatic rings. The van der Waals surface area contributed by atoms with Crippen molar-refractivity contribution in [1.82, 2.24) is 4.90 Å². The first-order chi connectivity index (χ1) is 8.65. The topological polar surface area (TPSA) is 48.0 Å². The van der Waals surface area contributed by atoms with Crippen LogP contribution in [0.3, 0.4) is 0 Å². The minimum Gasteiger partial charge on any atom is -0.368 e. The fraction of sp³-hybridized carbons (Fsp3) is 0.923. The zero-order chi connectivity index (χ0) is 13.0. The van der Waals surface area contributed by atoms with Crippen LogP contribution in [0.5, 0.6) is 0 Å². The maximum atomic E-state index is 11.6. The van der Waals surface area contributed by atoms with Crippen LogP contribution < -0.4 is 0 Å². The third kappa shape index (κ3) is 3.22. The van der Waals surface area contributed by atoms with Crippen molar-refractivity contribution in [2.24, 2.45) is 0 Å². The third-order valence-electron chi connectivity index (χ3n) is 3.85. The minimum atomic E-state index is -0.343. The van der Waals surface area contributed by atoms with Gasteiger partial charge in [0.15, 0.2) is 5.79 Å². The molecule has 0 bridgehead atoms. The Labute approximate surface area is 108 Å². The van der Waals surface area contributed by atoms with E-state index in [1.54, 1.807) is 11.9 Å². The van der Waals surface area contributed by atoms with Crippen molar-refractivity contribution < 1.29 is 19.0 Å². The van der Waals surface area contributed by atoms with Gasteiger partial charge in [-0.3, -0.25) is 4.79 Å². The van der Waals surface area contributed by atoms with Crippen LogP contribution >= 0.6 is 0 Å². The molecule has 1 aliphatic carbocycles. The lowest BCUT2D eigenvalue weighted by Crippen LogP contribution is -2.39. The molecule has 1 spiro atoms. The molecule has 0 unspecified atom stereocenters. The van der Waals surface area contributed by atoms with E-state index in [2.05, 4.69) is 0 Å². The standard InChI is InChI=1S/C13H23NO4/c1-3-14(2)12(15)10-16-11-4-6-13(7-5-11)17-8-9-18-13/h11H,3-10H2,1-2H3. The van der Waals surface area contributed by atoms with Crippen LogP contribution in [-0.4, -0.2) is 56.1 Å². The van der Waals surface area contributed by atoms with E-state index in [0.29, 0.717) is 13.2 Å². The number of rotatable bonds is 4. The average Bonchev–Trinajstić information content (AvgIpc) is 2.85. The molecule has 0 aromatic heterocycles. The average molecular weight is 257 g/mol. The van der Waals surface area contributed by atoms with E-state index < -0.39 is 0 Å². The smallest absolute Gasteiger partial charge is 0.248 e. The molecule has 1 saturated heterocycles. The maximum Gasteiger partial charge on any atom is 0.248 e. The summed E-state index contributed by atoms with van der Waals surface area (Å²) in [6, 6.07) is 0. The Morgan fingerprint density at radius 1 is 1.33 bits per heavy atom. The highest BCUT2D eigenvalue weighted by Crippen LogP contribution is 2.36. The van der Waals surface area contributed by atoms with Crippen LogP contribution in [0.25, 0.3) is 0 Å². The number of hydrogen-bond acceptors (Lipinski definition) is 4. The van der Waals surface area contributed by atoms with Crippen LogP contribution in [0.1, 0.15) is 32.6 Å². The van der Waals surface area contributed by atoms with Gasteiger partial charge in [-0.1, -0.05) is 0 Å². The first-order valence-corrected chi connectivity index (χ1v) is 6.79. The lowest BCUT2D eigenvalue weighted by Gasteiger charge is -2.35. The fourth-order valence-electron chi connectivity index (χ4n) is 2.46. The molecular formula is C13H23NO4. The SMILES string of the molecule is CCN(C)C(=O)COC1CCC2(CC1)OCCO2. The van der Waals surface area contributed by atoms with E-state index >= 15 is 0 Å². The van der Waals surface area contributed by atoms with E-state index in [4.69, 9.17) is 14.2 Å². The molecule has 0 N–H and O–H groups in total. The number of nitrogens with zero attached hydrogens (tertiary/aromatic N) is 1. The summed E-state index contributed by atoms with van der Waals surface area (Å²) in [5.41, 5.74) is 0. The molecule has 2 aliphatic rings. The Hall–Kier alpha value is -0.650. The summed E-state index contributed by atoms with van der Waals surface area (Å²) in [7, 11) is 1.79. The van der Waals surface area contributed by atoms with Gasteiger partial charge in [0.2, 0.25) is 5.91 Å². The molecule has 0 atom stereocenters. The van der Waals surface area contributed by atoms with Gasteiger partial charge in [-0.25, -0.2) is 0 Å². The molecule has 1 amide bonds. The quantitative estimate of drug-likeness (QED) is 0.758. The van der Waals surface area contributed by atoms with Crippen LogP contribution in [0.4, 0.5) is 0 Å². The number of carbonyl (C=O) groups excluding carboxylic acids is 1. The van der Waals surface area contributed by atoms with Gasteiger partial charge in [0.25, 0.3) is 0 Å². The molecule has 0 aromatic carbocycles. The summed E-state index contributed by atoms with van der Waals surface area (Å²) in [6.07, 6.45) is 3.72. The van der Waals surface area contributed by atoms with Gasteiger partial charge in [-0.2, -0.15) is 0 Å². The van der Waals surface area contributed by atoms with E-state index in [9.17, 15) is 4.79 Å². The molecule has 5 nitrogen and oxygen atoms in total. The second-order valence-corrected chi connectivity index (χ2v) is 5.03. The number of likely N-dealkylation sites (N-methyl/N-ethyl adjacent to an activating group) is 1. The van der Waals surface area contributed by atoms with Crippen LogP contribution in [0.15, 0.2) is 0 Å². The molecule has 2 fully saturated rings. The van der Waals surface area contributed by atoms with Crippen LogP contribution in [0, 0.1) is 0 Å². The minimum absolute atomic E-state index is 0.0474. The molecule has 104 valence electrons. The molecule has 5 heteroatoms. The Morgan fingerprint density at radius 2 is 1.94 bits per heavy atom. The predicted molar refractivity (Wildman–Crippen MR) is 66.2 cm³/mol. The second-order valence-electron chi connectivity index (χ2n) is 5.03. The molecule has 1 heterocycles. The van der Waals surface area contributed by atoms with Crippen molar-refractivity contribution in [3.8, 4) is 0 Å². The number of carbonyl (C=O) groups is 1. The lowest BCUT2D eigenvalue weighted by molar-refractivity contribution is -0.192. The molecular weight excluding hydrogens is 234 g/mol. The normalized spacial score (nSPS) is 23.4. The van der Waals surface area contributed by atoms with Crippen LogP contribution in [0.2, 0.25) is 0 Å². The van der Waals surface area contributed by atoms with Gasteiger partial charge in [-0.05, 0) is 19.8 Å². The Morgan fingerprint density at radius 3 is 2.50 bits per heavy atom. The zero-order valence-electron chi connectivity index (χ0n) is 11.3. The highest BCUT2D eigenvalue weighted by atomic mass is 16.7. The summed E-state index contributed by atoms with van der Waals surface area (Å²) in [5, 5.41) is 0. The van der Waals surface area contributed by atoms with E-state index in [-0.39, 0.29) is 24.4 Å². The molecule has 18 heavy (non-hydrogen) atoms. The van der Waals surface area contributed by atoms with E-state index in [1.807, 2.05) is 6.92 Å². The maximum absolute atomic E-state index is 11.6. The monoisotopic (exact) mass is 257 g/mol. The summed E-state index contributed by atoms with van der Waals surface area (Å²) in [4.78, 5) is 13.3. The second kappa shape index (κ2) is 5.99. The van der Waals surface area contributed by atoms with Crippen molar-refractivity contribution >= 4 is 5.91 Å². The summed E-state index contributed by atoms with van der Waals surface area (Å²) in [6.45, 7) is 4.26. The van der Waals surface area contributed by atoms with Gasteiger partial charge >= 0.3 is 0 Å². The third-order valence-corrected chi connectivity index (χ3v) is 3.85. The summed E-state index contributed by atoms with van der Waals surface area (Å²) >= 11 is 0. The molecule has 0 radical (unpaired) electrons. The van der Waals surface area contributed by atoms with Gasteiger partial charge in [0.05, 0.1) is 19.3 Å². The van der Waals surface area contributed by atoms with E-state index in [0.717, 1.165) is 32.2 Å². The molecule has 2 rings (SSSR count). The van der Waals surface area contributed by atoms with Crippen molar-refractivity contribution in [3.63, 3.8) is 0 Å². The van der Waals surface area contributed by atoms with Gasteiger partial charge in [0, 0.05) is 26.4 Å². The largest absolute Gasteiger partial charge is 0.368 e. The van der Waals surface area contributed by atoms with Crippen molar-refractivity contribution in [3.05, 3.63) is 0 Å². The van der Waals surface area contributed by atoms with Gasteiger partial charge < -0.3 is 19.1 Å². The fourth-order valence-corrected chi connectivity index (χ4v) is 2.46. The van der Waals surface area contributed by atoms with Crippen molar-refractivity contribution in [1.29, 1.82) is 0 Å². The Bertz CT molecular complexity index is 279. The first kappa shape index (κ1) is 13.8. The number of hydrogen-bond donors (Lipinski definition) is 0. The van der Waals surface area contributed by atoms with Gasteiger partial charge in [-0.15, -0.1) is 0 Å². The van der Waals surface area contributed by atoms with Gasteiger partial charge in [0.1, 0.15) is 6.61 Å².